The molecule has 0 amide bonds. The molecular formula is C15H21ClO. The van der Waals surface area contributed by atoms with Gasteiger partial charge < -0.3 is 4.74 Å². The van der Waals surface area contributed by atoms with Crippen molar-refractivity contribution in [1.29, 1.82) is 0 Å². The molecule has 0 radical (unpaired) electrons. The topological polar surface area (TPSA) is 9.23 Å². The van der Waals surface area contributed by atoms with Crippen LogP contribution in [0.1, 0.15) is 31.7 Å². The lowest BCUT2D eigenvalue weighted by Crippen LogP contribution is -2.17. The van der Waals surface area contributed by atoms with Crippen molar-refractivity contribution in [3.8, 4) is 0 Å². The molecule has 1 aliphatic heterocycles. The summed E-state index contributed by atoms with van der Waals surface area (Å²) < 4.78 is 5.87. The van der Waals surface area contributed by atoms with Crippen molar-refractivity contribution in [2.75, 3.05) is 5.88 Å². The average Bonchev–Trinajstić information content (AvgIpc) is 2.75. The zero-order valence-electron chi connectivity index (χ0n) is 10.4. The van der Waals surface area contributed by atoms with Gasteiger partial charge in [-0.25, -0.2) is 0 Å². The van der Waals surface area contributed by atoms with Crippen LogP contribution in [0.5, 0.6) is 0 Å². The maximum atomic E-state index is 6.08. The largest absolute Gasteiger partial charge is 0.375 e. The zero-order valence-corrected chi connectivity index (χ0v) is 11.2. The smallest absolute Gasteiger partial charge is 0.0582 e. The predicted octanol–water partition coefficient (Wildman–Crippen LogP) is 4.04. The van der Waals surface area contributed by atoms with Crippen molar-refractivity contribution < 1.29 is 4.74 Å². The van der Waals surface area contributed by atoms with Crippen LogP contribution in [0.15, 0.2) is 30.3 Å². The number of halogens is 1. The highest BCUT2D eigenvalue weighted by Crippen LogP contribution is 2.26. The summed E-state index contributed by atoms with van der Waals surface area (Å²) in [5.41, 5.74) is 1.38. The van der Waals surface area contributed by atoms with Crippen LogP contribution in [-0.4, -0.2) is 18.1 Å². The van der Waals surface area contributed by atoms with E-state index in [9.17, 15) is 0 Å². The minimum absolute atomic E-state index is 0.428. The van der Waals surface area contributed by atoms with Gasteiger partial charge >= 0.3 is 0 Å². The molecule has 94 valence electrons. The highest BCUT2D eigenvalue weighted by Gasteiger charge is 2.24. The Bertz CT molecular complexity index is 325. The third-order valence-electron chi connectivity index (χ3n) is 3.50. The van der Waals surface area contributed by atoms with Crippen LogP contribution >= 0.6 is 11.6 Å². The van der Waals surface area contributed by atoms with Gasteiger partial charge in [0.25, 0.3) is 0 Å². The van der Waals surface area contributed by atoms with E-state index in [2.05, 4.69) is 37.3 Å². The second-order valence-corrected chi connectivity index (χ2v) is 5.40. The standard InChI is InChI=1S/C15H21ClO/c1-12-7-8-15(17-12)10-14(11-16)9-13-5-3-2-4-6-13/h2-6,12,14-15H,7-11H2,1H3. The first kappa shape index (κ1) is 12.9. The molecule has 1 aromatic rings. The molecule has 1 aromatic carbocycles. The van der Waals surface area contributed by atoms with E-state index >= 15 is 0 Å². The minimum Gasteiger partial charge on any atom is -0.375 e. The molecule has 1 fully saturated rings. The summed E-state index contributed by atoms with van der Waals surface area (Å²) >= 11 is 6.08. The molecule has 3 unspecified atom stereocenters. The van der Waals surface area contributed by atoms with Crippen molar-refractivity contribution in [1.82, 2.24) is 0 Å². The van der Waals surface area contributed by atoms with E-state index in [1.807, 2.05) is 0 Å². The van der Waals surface area contributed by atoms with Crippen LogP contribution in [-0.2, 0) is 11.2 Å². The predicted molar refractivity (Wildman–Crippen MR) is 72.5 cm³/mol. The lowest BCUT2D eigenvalue weighted by molar-refractivity contribution is 0.0426. The van der Waals surface area contributed by atoms with Crippen molar-refractivity contribution in [2.45, 2.75) is 44.8 Å². The van der Waals surface area contributed by atoms with Gasteiger partial charge in [0.05, 0.1) is 12.2 Å². The SMILES string of the molecule is CC1CCC(CC(CCl)Cc2ccccc2)O1. The van der Waals surface area contributed by atoms with Gasteiger partial charge in [-0.3, -0.25) is 0 Å². The Balaban J connectivity index is 1.85. The van der Waals surface area contributed by atoms with Gasteiger partial charge in [-0.1, -0.05) is 30.3 Å². The molecule has 3 atom stereocenters. The van der Waals surface area contributed by atoms with Gasteiger partial charge in [-0.2, -0.15) is 0 Å². The van der Waals surface area contributed by atoms with E-state index in [0.29, 0.717) is 18.1 Å². The average molecular weight is 253 g/mol. The Morgan fingerprint density at radius 1 is 1.29 bits per heavy atom. The fourth-order valence-electron chi connectivity index (χ4n) is 2.58. The number of alkyl halides is 1. The Labute approximate surface area is 109 Å². The second kappa shape index (κ2) is 6.42. The fourth-order valence-corrected chi connectivity index (χ4v) is 2.81. The lowest BCUT2D eigenvalue weighted by atomic mass is 9.94. The van der Waals surface area contributed by atoms with Gasteiger partial charge in [0.15, 0.2) is 0 Å². The van der Waals surface area contributed by atoms with Gasteiger partial charge in [0.2, 0.25) is 0 Å². The van der Waals surface area contributed by atoms with Crippen LogP contribution in [0.4, 0.5) is 0 Å². The van der Waals surface area contributed by atoms with Gasteiger partial charge in [0, 0.05) is 5.88 Å². The Morgan fingerprint density at radius 2 is 2.06 bits per heavy atom. The molecule has 2 rings (SSSR count). The third kappa shape index (κ3) is 4.01. The van der Waals surface area contributed by atoms with E-state index in [4.69, 9.17) is 16.3 Å². The molecule has 0 spiro atoms. The van der Waals surface area contributed by atoms with Crippen molar-refractivity contribution >= 4 is 11.6 Å². The molecule has 1 nitrogen and oxygen atoms in total. The van der Waals surface area contributed by atoms with E-state index in [-0.39, 0.29) is 0 Å². The quantitative estimate of drug-likeness (QED) is 0.719. The summed E-state index contributed by atoms with van der Waals surface area (Å²) in [7, 11) is 0. The van der Waals surface area contributed by atoms with Crippen LogP contribution in [0.3, 0.4) is 0 Å². The van der Waals surface area contributed by atoms with Gasteiger partial charge in [0.1, 0.15) is 0 Å². The van der Waals surface area contributed by atoms with Crippen LogP contribution in [0.25, 0.3) is 0 Å². The zero-order chi connectivity index (χ0) is 12.1. The monoisotopic (exact) mass is 252 g/mol. The second-order valence-electron chi connectivity index (χ2n) is 5.09. The molecule has 1 aliphatic rings. The maximum Gasteiger partial charge on any atom is 0.0582 e. The molecule has 0 bridgehead atoms. The van der Waals surface area contributed by atoms with E-state index in [1.165, 1.54) is 18.4 Å². The van der Waals surface area contributed by atoms with Crippen LogP contribution < -0.4 is 0 Å². The van der Waals surface area contributed by atoms with Crippen LogP contribution in [0.2, 0.25) is 0 Å². The van der Waals surface area contributed by atoms with Crippen molar-refractivity contribution in [3.63, 3.8) is 0 Å². The van der Waals surface area contributed by atoms with E-state index in [1.54, 1.807) is 0 Å². The summed E-state index contributed by atoms with van der Waals surface area (Å²) in [6.07, 6.45) is 5.43. The molecule has 0 aliphatic carbocycles. The first-order valence-corrected chi connectivity index (χ1v) is 7.06. The number of ether oxygens (including phenoxy) is 1. The molecular weight excluding hydrogens is 232 g/mol. The molecule has 0 aromatic heterocycles. The van der Waals surface area contributed by atoms with Crippen LogP contribution in [0, 0.1) is 5.92 Å². The summed E-state index contributed by atoms with van der Waals surface area (Å²) in [6.45, 7) is 2.16. The molecule has 17 heavy (non-hydrogen) atoms. The van der Waals surface area contributed by atoms with Gasteiger partial charge in [-0.15, -0.1) is 11.6 Å². The minimum atomic E-state index is 0.428. The molecule has 1 heterocycles. The lowest BCUT2D eigenvalue weighted by Gasteiger charge is -2.18. The Hall–Kier alpha value is -0.530. The summed E-state index contributed by atoms with van der Waals surface area (Å²) in [5.74, 6) is 1.26. The molecule has 1 saturated heterocycles. The number of benzene rings is 1. The fraction of sp³-hybridized carbons (Fsp3) is 0.600. The third-order valence-corrected chi connectivity index (χ3v) is 3.94. The highest BCUT2D eigenvalue weighted by atomic mass is 35.5. The van der Waals surface area contributed by atoms with Crippen molar-refractivity contribution in [2.24, 2.45) is 5.92 Å². The molecule has 2 heteroatoms. The summed E-state index contributed by atoms with van der Waals surface area (Å²) in [6, 6.07) is 10.6. The number of rotatable bonds is 5. The maximum absolute atomic E-state index is 6.08. The summed E-state index contributed by atoms with van der Waals surface area (Å²) in [5, 5.41) is 0. The molecule has 0 saturated carbocycles. The number of hydrogen-bond acceptors (Lipinski definition) is 1. The normalized spacial score (nSPS) is 26.0. The van der Waals surface area contributed by atoms with E-state index in [0.717, 1.165) is 18.7 Å². The van der Waals surface area contributed by atoms with Crippen molar-refractivity contribution in [3.05, 3.63) is 35.9 Å². The first-order chi connectivity index (χ1) is 8.28. The molecule has 0 N–H and O–H groups in total. The number of hydrogen-bond donors (Lipinski definition) is 0. The summed E-state index contributed by atoms with van der Waals surface area (Å²) in [4.78, 5) is 0. The van der Waals surface area contributed by atoms with E-state index < -0.39 is 0 Å². The first-order valence-electron chi connectivity index (χ1n) is 6.53. The Morgan fingerprint density at radius 3 is 2.65 bits per heavy atom. The highest BCUT2D eigenvalue weighted by molar-refractivity contribution is 6.18. The Kier molecular flexibility index (Phi) is 4.87. The van der Waals surface area contributed by atoms with Gasteiger partial charge in [-0.05, 0) is 44.1 Å².